The Bertz CT molecular complexity index is 734. The number of carbonyl (C=O) groups excluding carboxylic acids is 2. The summed E-state index contributed by atoms with van der Waals surface area (Å²) in [6, 6.07) is 9.05. The van der Waals surface area contributed by atoms with Crippen molar-refractivity contribution in [2.45, 2.75) is 45.1 Å². The van der Waals surface area contributed by atoms with Gasteiger partial charge in [0.2, 0.25) is 11.8 Å². The molecule has 3 atom stereocenters. The fourth-order valence-electron chi connectivity index (χ4n) is 5.51. The summed E-state index contributed by atoms with van der Waals surface area (Å²) in [4.78, 5) is 31.5. The Hall–Kier alpha value is -1.88. The minimum atomic E-state index is 0.220. The molecule has 5 nitrogen and oxygen atoms in total. The fourth-order valence-corrected chi connectivity index (χ4v) is 5.51. The molecule has 0 bridgehead atoms. The van der Waals surface area contributed by atoms with E-state index in [1.165, 1.54) is 11.1 Å². The van der Waals surface area contributed by atoms with Crippen LogP contribution in [0.15, 0.2) is 24.3 Å². The third kappa shape index (κ3) is 3.82. The van der Waals surface area contributed by atoms with Crippen LogP contribution in [0.2, 0.25) is 0 Å². The van der Waals surface area contributed by atoms with Crippen molar-refractivity contribution < 1.29 is 9.59 Å². The van der Waals surface area contributed by atoms with Gasteiger partial charge in [0.25, 0.3) is 0 Å². The molecule has 0 unspecified atom stereocenters. The molecule has 1 aromatic rings. The molecule has 152 valence electrons. The number of aryl methyl sites for hydroxylation is 1. The van der Waals surface area contributed by atoms with Crippen LogP contribution >= 0.6 is 0 Å². The van der Waals surface area contributed by atoms with Crippen LogP contribution in [0.1, 0.15) is 49.3 Å². The van der Waals surface area contributed by atoms with Gasteiger partial charge in [0.05, 0.1) is 0 Å². The summed E-state index contributed by atoms with van der Waals surface area (Å²) in [5, 5.41) is 0. The first-order chi connectivity index (χ1) is 13.5. The van der Waals surface area contributed by atoms with Crippen molar-refractivity contribution in [1.82, 2.24) is 14.7 Å². The van der Waals surface area contributed by atoms with Crippen molar-refractivity contribution >= 4 is 11.8 Å². The zero-order valence-corrected chi connectivity index (χ0v) is 17.3. The third-order valence-electron chi connectivity index (χ3n) is 7.02. The number of fused-ring (bicyclic) bond motifs is 1. The van der Waals surface area contributed by atoms with Crippen molar-refractivity contribution in [2.75, 3.05) is 39.8 Å². The topological polar surface area (TPSA) is 43.9 Å². The van der Waals surface area contributed by atoms with Crippen LogP contribution in [-0.4, -0.2) is 66.3 Å². The van der Waals surface area contributed by atoms with Gasteiger partial charge in [-0.25, -0.2) is 0 Å². The molecule has 0 saturated carbocycles. The number of rotatable bonds is 4. The highest BCUT2D eigenvalue weighted by molar-refractivity contribution is 5.79. The molecule has 0 aromatic heterocycles. The van der Waals surface area contributed by atoms with Gasteiger partial charge in [-0.2, -0.15) is 0 Å². The number of benzene rings is 1. The second-order valence-corrected chi connectivity index (χ2v) is 8.91. The van der Waals surface area contributed by atoms with Crippen molar-refractivity contribution in [2.24, 2.45) is 11.8 Å². The Kier molecular flexibility index (Phi) is 5.72. The van der Waals surface area contributed by atoms with Crippen molar-refractivity contribution in [3.05, 3.63) is 35.4 Å². The lowest BCUT2D eigenvalue weighted by atomic mass is 9.88. The van der Waals surface area contributed by atoms with Crippen LogP contribution < -0.4 is 0 Å². The van der Waals surface area contributed by atoms with Crippen LogP contribution in [-0.2, 0) is 9.59 Å². The van der Waals surface area contributed by atoms with Gasteiger partial charge in [-0.1, -0.05) is 30.7 Å². The van der Waals surface area contributed by atoms with Crippen LogP contribution in [0.4, 0.5) is 0 Å². The van der Waals surface area contributed by atoms with Gasteiger partial charge < -0.3 is 9.80 Å². The Balaban J connectivity index is 1.37. The predicted octanol–water partition coefficient (Wildman–Crippen LogP) is 2.85. The molecule has 28 heavy (non-hydrogen) atoms. The zero-order chi connectivity index (χ0) is 19.7. The number of amides is 2. The quantitative estimate of drug-likeness (QED) is 0.803. The first kappa shape index (κ1) is 19.4. The molecule has 0 N–H and O–H groups in total. The van der Waals surface area contributed by atoms with Gasteiger partial charge in [0.1, 0.15) is 0 Å². The van der Waals surface area contributed by atoms with Crippen molar-refractivity contribution in [3.63, 3.8) is 0 Å². The minimum Gasteiger partial charge on any atom is -0.342 e. The highest BCUT2D eigenvalue weighted by Crippen LogP contribution is 2.44. The molecule has 0 spiro atoms. The van der Waals surface area contributed by atoms with Crippen LogP contribution in [0.5, 0.6) is 0 Å². The highest BCUT2D eigenvalue weighted by atomic mass is 16.2. The predicted molar refractivity (Wildman–Crippen MR) is 110 cm³/mol. The maximum atomic E-state index is 12.9. The molecule has 0 radical (unpaired) electrons. The van der Waals surface area contributed by atoms with E-state index in [9.17, 15) is 9.59 Å². The van der Waals surface area contributed by atoms with Crippen molar-refractivity contribution in [3.8, 4) is 0 Å². The number of carbonyl (C=O) groups is 2. The average molecular weight is 384 g/mol. The molecule has 2 amide bonds. The summed E-state index contributed by atoms with van der Waals surface area (Å²) >= 11 is 0. The normalized spacial score (nSPS) is 28.5. The Labute approximate surface area is 168 Å². The third-order valence-corrected chi connectivity index (χ3v) is 7.02. The van der Waals surface area contributed by atoms with Gasteiger partial charge in [-0.05, 0) is 43.9 Å². The number of hydrogen-bond acceptors (Lipinski definition) is 3. The maximum absolute atomic E-state index is 12.9. The SMILES string of the molecule is Cc1ccccc1[C@H]1[C@@H]2CN(C(=O)CCN3CCCCCC3=O)C[C@@H]2CN1C. The first-order valence-corrected chi connectivity index (χ1v) is 10.9. The number of nitrogens with zero attached hydrogens (tertiary/aromatic N) is 3. The Morgan fingerprint density at radius 2 is 1.93 bits per heavy atom. The fraction of sp³-hybridized carbons (Fsp3) is 0.652. The molecular weight excluding hydrogens is 350 g/mol. The van der Waals surface area contributed by atoms with Gasteiger partial charge in [0, 0.05) is 57.5 Å². The summed E-state index contributed by atoms with van der Waals surface area (Å²) in [5.74, 6) is 1.51. The van der Waals surface area contributed by atoms with Gasteiger partial charge in [-0.3, -0.25) is 14.5 Å². The first-order valence-electron chi connectivity index (χ1n) is 10.9. The van der Waals surface area contributed by atoms with E-state index in [-0.39, 0.29) is 11.8 Å². The van der Waals surface area contributed by atoms with E-state index in [0.717, 1.165) is 45.4 Å². The standard InChI is InChI=1S/C23H33N3O2/c1-17-8-5-6-9-19(17)23-20-16-26(15-18(20)14-24(23)2)22(28)11-13-25-12-7-3-4-10-21(25)27/h5-6,8-9,18,20,23H,3-4,7,10-16H2,1-2H3/t18-,20+,23-/m0/s1. The molecule has 3 fully saturated rings. The lowest BCUT2D eigenvalue weighted by molar-refractivity contribution is -0.133. The zero-order valence-electron chi connectivity index (χ0n) is 17.3. The molecule has 1 aromatic carbocycles. The smallest absolute Gasteiger partial charge is 0.224 e. The summed E-state index contributed by atoms with van der Waals surface area (Å²) in [5.41, 5.74) is 2.74. The Morgan fingerprint density at radius 1 is 1.11 bits per heavy atom. The molecule has 3 heterocycles. The van der Waals surface area contributed by atoms with E-state index in [0.29, 0.717) is 37.3 Å². The summed E-state index contributed by atoms with van der Waals surface area (Å²) < 4.78 is 0. The molecular formula is C23H33N3O2. The van der Waals surface area contributed by atoms with Crippen LogP contribution in [0.25, 0.3) is 0 Å². The minimum absolute atomic E-state index is 0.220. The monoisotopic (exact) mass is 383 g/mol. The number of hydrogen-bond donors (Lipinski definition) is 0. The molecule has 3 aliphatic heterocycles. The van der Waals surface area contributed by atoms with Gasteiger partial charge in [0.15, 0.2) is 0 Å². The molecule has 3 saturated heterocycles. The van der Waals surface area contributed by atoms with E-state index in [1.54, 1.807) is 0 Å². The second-order valence-electron chi connectivity index (χ2n) is 8.91. The lowest BCUT2D eigenvalue weighted by Gasteiger charge is -2.28. The van der Waals surface area contributed by atoms with E-state index in [1.807, 2.05) is 4.90 Å². The summed E-state index contributed by atoms with van der Waals surface area (Å²) in [6.07, 6.45) is 4.30. The average Bonchev–Trinajstić information content (AvgIpc) is 3.12. The molecule has 4 rings (SSSR count). The maximum Gasteiger partial charge on any atom is 0.224 e. The van der Waals surface area contributed by atoms with Gasteiger partial charge in [-0.15, -0.1) is 0 Å². The molecule has 3 aliphatic rings. The molecule has 5 heteroatoms. The van der Waals surface area contributed by atoms with Crippen LogP contribution in [0.3, 0.4) is 0 Å². The Morgan fingerprint density at radius 3 is 2.75 bits per heavy atom. The molecule has 0 aliphatic carbocycles. The summed E-state index contributed by atoms with van der Waals surface area (Å²) in [6.45, 7) is 6.36. The largest absolute Gasteiger partial charge is 0.342 e. The van der Waals surface area contributed by atoms with E-state index >= 15 is 0 Å². The summed E-state index contributed by atoms with van der Waals surface area (Å²) in [7, 11) is 2.21. The van der Waals surface area contributed by atoms with Gasteiger partial charge >= 0.3 is 0 Å². The van der Waals surface area contributed by atoms with Crippen LogP contribution in [0, 0.1) is 18.8 Å². The van der Waals surface area contributed by atoms with E-state index < -0.39 is 0 Å². The van der Waals surface area contributed by atoms with Crippen molar-refractivity contribution in [1.29, 1.82) is 0 Å². The number of likely N-dealkylation sites (tertiary alicyclic amines) is 3. The van der Waals surface area contributed by atoms with E-state index in [2.05, 4.69) is 48.0 Å². The highest BCUT2D eigenvalue weighted by Gasteiger charge is 2.47. The second kappa shape index (κ2) is 8.24. The van der Waals surface area contributed by atoms with E-state index in [4.69, 9.17) is 0 Å². The lowest BCUT2D eigenvalue weighted by Crippen LogP contribution is -2.37.